The Hall–Kier alpha value is -1.26. The summed E-state index contributed by atoms with van der Waals surface area (Å²) < 4.78 is 5.79. The van der Waals surface area contributed by atoms with Gasteiger partial charge in [0.15, 0.2) is 0 Å². The molecule has 1 aliphatic rings. The summed E-state index contributed by atoms with van der Waals surface area (Å²) in [5.74, 6) is 1.09. The molecule has 1 aromatic rings. The summed E-state index contributed by atoms with van der Waals surface area (Å²) in [5, 5.41) is 0.620. The number of piperidine rings is 1. The quantitative estimate of drug-likeness (QED) is 0.909. The fraction of sp³-hybridized carbons (Fsp3) is 0.562. The minimum atomic E-state index is -0.381. The Balaban J connectivity index is 1.87. The van der Waals surface area contributed by atoms with Crippen LogP contribution in [0.2, 0.25) is 5.02 Å². The SMILES string of the molecule is CCC(N)C(=O)N1CCCC(COc2ccccc2Cl)C1. The first-order valence-electron chi connectivity index (χ1n) is 7.53. The van der Waals surface area contributed by atoms with Gasteiger partial charge in [-0.1, -0.05) is 30.7 Å². The minimum Gasteiger partial charge on any atom is -0.492 e. The molecule has 0 aromatic heterocycles. The lowest BCUT2D eigenvalue weighted by Crippen LogP contribution is -2.48. The molecule has 1 amide bonds. The number of halogens is 1. The number of rotatable bonds is 5. The van der Waals surface area contributed by atoms with E-state index in [2.05, 4.69) is 0 Å². The van der Waals surface area contributed by atoms with Crippen molar-refractivity contribution in [3.63, 3.8) is 0 Å². The molecule has 21 heavy (non-hydrogen) atoms. The molecule has 1 saturated heterocycles. The molecule has 0 spiro atoms. The lowest BCUT2D eigenvalue weighted by Gasteiger charge is -2.34. The van der Waals surface area contributed by atoms with E-state index >= 15 is 0 Å². The summed E-state index contributed by atoms with van der Waals surface area (Å²) in [6.07, 6.45) is 2.74. The number of hydrogen-bond donors (Lipinski definition) is 1. The number of amides is 1. The van der Waals surface area contributed by atoms with Gasteiger partial charge in [0.25, 0.3) is 0 Å². The van der Waals surface area contributed by atoms with Gasteiger partial charge >= 0.3 is 0 Å². The number of likely N-dealkylation sites (tertiary alicyclic amines) is 1. The number of ether oxygens (including phenoxy) is 1. The Labute approximate surface area is 131 Å². The van der Waals surface area contributed by atoms with Crippen LogP contribution in [0.3, 0.4) is 0 Å². The van der Waals surface area contributed by atoms with E-state index < -0.39 is 0 Å². The molecule has 1 aromatic carbocycles. The molecule has 0 saturated carbocycles. The molecule has 1 heterocycles. The standard InChI is InChI=1S/C16H23ClN2O2/c1-2-14(18)16(20)19-9-5-6-12(10-19)11-21-15-8-4-3-7-13(15)17/h3-4,7-8,12,14H,2,5-6,9-11,18H2,1H3. The van der Waals surface area contributed by atoms with Crippen molar-refractivity contribution in [2.45, 2.75) is 32.2 Å². The van der Waals surface area contributed by atoms with Gasteiger partial charge in [0.2, 0.25) is 5.91 Å². The second kappa shape index (κ2) is 7.66. The zero-order valence-electron chi connectivity index (χ0n) is 12.4. The molecule has 2 unspecified atom stereocenters. The highest BCUT2D eigenvalue weighted by Gasteiger charge is 2.26. The smallest absolute Gasteiger partial charge is 0.239 e. The predicted molar refractivity (Wildman–Crippen MR) is 84.5 cm³/mol. The van der Waals surface area contributed by atoms with E-state index in [0.29, 0.717) is 29.7 Å². The summed E-state index contributed by atoms with van der Waals surface area (Å²) in [4.78, 5) is 14.0. The molecule has 2 rings (SSSR count). The van der Waals surface area contributed by atoms with Crippen LogP contribution < -0.4 is 10.5 Å². The maximum atomic E-state index is 12.1. The van der Waals surface area contributed by atoms with Gasteiger partial charge < -0.3 is 15.4 Å². The third-order valence-electron chi connectivity index (χ3n) is 3.90. The van der Waals surface area contributed by atoms with E-state index in [4.69, 9.17) is 22.1 Å². The van der Waals surface area contributed by atoms with Crippen LogP contribution in [0.15, 0.2) is 24.3 Å². The molecule has 2 atom stereocenters. The molecule has 0 radical (unpaired) electrons. The third-order valence-corrected chi connectivity index (χ3v) is 4.21. The number of hydrogen-bond acceptors (Lipinski definition) is 3. The molecule has 0 bridgehead atoms. The van der Waals surface area contributed by atoms with Gasteiger partial charge in [0.1, 0.15) is 5.75 Å². The first-order valence-corrected chi connectivity index (χ1v) is 7.91. The van der Waals surface area contributed by atoms with Crippen molar-refractivity contribution in [2.75, 3.05) is 19.7 Å². The Kier molecular flexibility index (Phi) is 5.88. The first-order chi connectivity index (χ1) is 10.1. The number of carbonyl (C=O) groups excluding carboxylic acids is 1. The van der Waals surface area contributed by atoms with Crippen LogP contribution in [-0.4, -0.2) is 36.5 Å². The van der Waals surface area contributed by atoms with Gasteiger partial charge in [-0.05, 0) is 31.4 Å². The first kappa shape index (κ1) is 16.1. The molecule has 116 valence electrons. The normalized spacial score (nSPS) is 20.1. The highest BCUT2D eigenvalue weighted by atomic mass is 35.5. The lowest BCUT2D eigenvalue weighted by atomic mass is 9.98. The van der Waals surface area contributed by atoms with Crippen molar-refractivity contribution in [3.05, 3.63) is 29.3 Å². The second-order valence-corrected chi connectivity index (χ2v) is 5.96. The molecule has 1 fully saturated rings. The minimum absolute atomic E-state index is 0.0555. The van der Waals surface area contributed by atoms with Gasteiger partial charge in [-0.2, -0.15) is 0 Å². The number of carbonyl (C=O) groups is 1. The number of benzene rings is 1. The maximum absolute atomic E-state index is 12.1. The van der Waals surface area contributed by atoms with Crippen LogP contribution in [0.1, 0.15) is 26.2 Å². The predicted octanol–water partition coefficient (Wildman–Crippen LogP) is 2.69. The van der Waals surface area contributed by atoms with Gasteiger partial charge in [0, 0.05) is 19.0 Å². The van der Waals surface area contributed by atoms with Crippen LogP contribution in [0, 0.1) is 5.92 Å². The molecule has 4 nitrogen and oxygen atoms in total. The third kappa shape index (κ3) is 4.35. The summed E-state index contributed by atoms with van der Waals surface area (Å²) in [6.45, 7) is 4.03. The topological polar surface area (TPSA) is 55.6 Å². The number of nitrogens with zero attached hydrogens (tertiary/aromatic N) is 1. The highest BCUT2D eigenvalue weighted by Crippen LogP contribution is 2.25. The van der Waals surface area contributed by atoms with Crippen LogP contribution in [-0.2, 0) is 4.79 Å². The zero-order valence-corrected chi connectivity index (χ0v) is 13.2. The van der Waals surface area contributed by atoms with Crippen molar-refractivity contribution in [2.24, 2.45) is 11.7 Å². The number of para-hydroxylation sites is 1. The van der Waals surface area contributed by atoms with Gasteiger partial charge in [-0.25, -0.2) is 0 Å². The second-order valence-electron chi connectivity index (χ2n) is 5.55. The Bertz CT molecular complexity index is 481. The van der Waals surface area contributed by atoms with Crippen molar-refractivity contribution in [1.29, 1.82) is 0 Å². The summed E-state index contributed by atoms with van der Waals surface area (Å²) in [6, 6.07) is 7.07. The van der Waals surface area contributed by atoms with Crippen molar-refractivity contribution >= 4 is 17.5 Å². The molecule has 1 aliphatic heterocycles. The van der Waals surface area contributed by atoms with E-state index in [9.17, 15) is 4.79 Å². The van der Waals surface area contributed by atoms with Gasteiger partial charge in [-0.3, -0.25) is 4.79 Å². The Morgan fingerprint density at radius 3 is 3.00 bits per heavy atom. The van der Waals surface area contributed by atoms with Crippen molar-refractivity contribution in [3.8, 4) is 5.75 Å². The highest BCUT2D eigenvalue weighted by molar-refractivity contribution is 6.32. The fourth-order valence-corrected chi connectivity index (χ4v) is 2.77. The van der Waals surface area contributed by atoms with E-state index in [1.165, 1.54) is 0 Å². The molecular formula is C16H23ClN2O2. The summed E-state index contributed by atoms with van der Waals surface area (Å²) >= 11 is 6.08. The fourth-order valence-electron chi connectivity index (χ4n) is 2.58. The van der Waals surface area contributed by atoms with E-state index in [0.717, 1.165) is 25.9 Å². The van der Waals surface area contributed by atoms with Crippen LogP contribution in [0.25, 0.3) is 0 Å². The van der Waals surface area contributed by atoms with Gasteiger partial charge in [-0.15, -0.1) is 0 Å². The molecule has 0 aliphatic carbocycles. The van der Waals surface area contributed by atoms with Crippen LogP contribution >= 0.6 is 11.6 Å². The Morgan fingerprint density at radius 1 is 1.52 bits per heavy atom. The van der Waals surface area contributed by atoms with Crippen LogP contribution in [0.4, 0.5) is 0 Å². The summed E-state index contributed by atoms with van der Waals surface area (Å²) in [5.41, 5.74) is 5.84. The number of nitrogens with two attached hydrogens (primary N) is 1. The monoisotopic (exact) mass is 310 g/mol. The lowest BCUT2D eigenvalue weighted by molar-refractivity contribution is -0.134. The summed E-state index contributed by atoms with van der Waals surface area (Å²) in [7, 11) is 0. The average molecular weight is 311 g/mol. The van der Waals surface area contributed by atoms with E-state index in [1.807, 2.05) is 36.1 Å². The zero-order chi connectivity index (χ0) is 15.2. The van der Waals surface area contributed by atoms with E-state index in [1.54, 1.807) is 0 Å². The van der Waals surface area contributed by atoms with Crippen LogP contribution in [0.5, 0.6) is 5.75 Å². The molecular weight excluding hydrogens is 288 g/mol. The maximum Gasteiger partial charge on any atom is 0.239 e. The molecule has 2 N–H and O–H groups in total. The Morgan fingerprint density at radius 2 is 2.29 bits per heavy atom. The van der Waals surface area contributed by atoms with Crippen molar-refractivity contribution in [1.82, 2.24) is 4.90 Å². The largest absolute Gasteiger partial charge is 0.492 e. The molecule has 5 heteroatoms. The van der Waals surface area contributed by atoms with E-state index in [-0.39, 0.29) is 11.9 Å². The van der Waals surface area contributed by atoms with Gasteiger partial charge in [0.05, 0.1) is 17.7 Å². The van der Waals surface area contributed by atoms with Crippen molar-refractivity contribution < 1.29 is 9.53 Å². The average Bonchev–Trinajstić information content (AvgIpc) is 2.53.